The van der Waals surface area contributed by atoms with Crippen molar-refractivity contribution in [3.63, 3.8) is 0 Å². The highest BCUT2D eigenvalue weighted by Gasteiger charge is 2.17. The minimum absolute atomic E-state index is 0.0409. The number of nitrogens with zero attached hydrogens (tertiary/aromatic N) is 1. The Kier molecular flexibility index (Phi) is 7.69. The van der Waals surface area contributed by atoms with Crippen LogP contribution in [0.5, 0.6) is 11.5 Å². The molecular weight excluding hydrogens is 348 g/mol. The molecule has 5 nitrogen and oxygen atoms in total. The van der Waals surface area contributed by atoms with Gasteiger partial charge in [-0.25, -0.2) is 0 Å². The lowest BCUT2D eigenvalue weighted by Crippen LogP contribution is -2.38. The van der Waals surface area contributed by atoms with E-state index in [9.17, 15) is 4.79 Å². The molecule has 1 heterocycles. The lowest BCUT2D eigenvalue weighted by Gasteiger charge is -2.22. The number of thiophene rings is 1. The molecule has 0 saturated heterocycles. The molecule has 0 aliphatic rings. The molecule has 2 rings (SSSR count). The first-order chi connectivity index (χ1) is 12.6. The molecule has 0 aliphatic carbocycles. The molecule has 1 unspecified atom stereocenters. The van der Waals surface area contributed by atoms with E-state index >= 15 is 0 Å². The Hall–Kier alpha value is -2.31. The fourth-order valence-electron chi connectivity index (χ4n) is 2.74. The van der Waals surface area contributed by atoms with Gasteiger partial charge in [0.1, 0.15) is 11.5 Å². The summed E-state index contributed by atoms with van der Waals surface area (Å²) in [6, 6.07) is 9.46. The van der Waals surface area contributed by atoms with Gasteiger partial charge < -0.3 is 14.8 Å². The van der Waals surface area contributed by atoms with Crippen LogP contribution in [0.25, 0.3) is 0 Å². The number of rotatable bonds is 10. The number of hydrogen-bond acceptors (Lipinski definition) is 5. The third kappa shape index (κ3) is 5.61. The fraction of sp³-hybridized carbons (Fsp3) is 0.350. The Bertz CT molecular complexity index is 716. The topological polar surface area (TPSA) is 50.8 Å². The van der Waals surface area contributed by atoms with Crippen molar-refractivity contribution in [2.24, 2.45) is 0 Å². The first-order valence-electron chi connectivity index (χ1n) is 8.44. The molecule has 0 aliphatic heterocycles. The molecule has 0 spiro atoms. The van der Waals surface area contributed by atoms with Crippen LogP contribution in [-0.4, -0.2) is 38.1 Å². The second-order valence-corrected chi connectivity index (χ2v) is 6.97. The summed E-state index contributed by atoms with van der Waals surface area (Å²) in [6.45, 7) is 7.41. The number of nitrogens with one attached hydrogen (secondary N) is 1. The van der Waals surface area contributed by atoms with E-state index in [0.29, 0.717) is 13.1 Å². The monoisotopic (exact) mass is 374 g/mol. The van der Waals surface area contributed by atoms with Crippen LogP contribution in [-0.2, 0) is 11.3 Å². The zero-order valence-corrected chi connectivity index (χ0v) is 16.3. The normalized spacial score (nSPS) is 11.8. The zero-order valence-electron chi connectivity index (χ0n) is 15.5. The van der Waals surface area contributed by atoms with Gasteiger partial charge in [0, 0.05) is 23.5 Å². The Morgan fingerprint density at radius 2 is 2.15 bits per heavy atom. The minimum Gasteiger partial charge on any atom is -0.497 e. The van der Waals surface area contributed by atoms with Gasteiger partial charge in [-0.05, 0) is 36.6 Å². The van der Waals surface area contributed by atoms with Gasteiger partial charge in [-0.1, -0.05) is 12.1 Å². The molecule has 1 aromatic carbocycles. The van der Waals surface area contributed by atoms with E-state index < -0.39 is 0 Å². The summed E-state index contributed by atoms with van der Waals surface area (Å²) in [5.41, 5.74) is 0.883. The van der Waals surface area contributed by atoms with Gasteiger partial charge in [-0.3, -0.25) is 9.69 Å². The van der Waals surface area contributed by atoms with Gasteiger partial charge in [-0.2, -0.15) is 0 Å². The van der Waals surface area contributed by atoms with Crippen molar-refractivity contribution in [2.75, 3.05) is 27.3 Å². The van der Waals surface area contributed by atoms with Crippen molar-refractivity contribution in [1.29, 1.82) is 0 Å². The third-order valence-electron chi connectivity index (χ3n) is 3.99. The molecule has 0 fully saturated rings. The van der Waals surface area contributed by atoms with Crippen molar-refractivity contribution in [3.8, 4) is 11.5 Å². The third-order valence-corrected chi connectivity index (χ3v) is 4.86. The van der Waals surface area contributed by atoms with Crippen LogP contribution in [0.15, 0.2) is 48.4 Å². The van der Waals surface area contributed by atoms with Gasteiger partial charge in [0.2, 0.25) is 5.91 Å². The molecule has 140 valence electrons. The van der Waals surface area contributed by atoms with Crippen LogP contribution < -0.4 is 14.8 Å². The second-order valence-electron chi connectivity index (χ2n) is 5.93. The molecule has 0 saturated carbocycles. The maximum atomic E-state index is 12.5. The maximum Gasteiger partial charge on any atom is 0.234 e. The van der Waals surface area contributed by atoms with E-state index in [1.165, 1.54) is 4.88 Å². The number of carbonyl (C=O) groups excluding carboxylic acids is 1. The lowest BCUT2D eigenvalue weighted by molar-refractivity contribution is -0.122. The average molecular weight is 375 g/mol. The summed E-state index contributed by atoms with van der Waals surface area (Å²) in [6.07, 6.45) is 1.81. The van der Waals surface area contributed by atoms with Crippen molar-refractivity contribution in [2.45, 2.75) is 19.5 Å². The van der Waals surface area contributed by atoms with E-state index in [1.54, 1.807) is 25.6 Å². The maximum absolute atomic E-state index is 12.5. The molecule has 1 atom stereocenters. The van der Waals surface area contributed by atoms with Gasteiger partial charge >= 0.3 is 0 Å². The molecule has 6 heteroatoms. The van der Waals surface area contributed by atoms with E-state index in [0.717, 1.165) is 23.6 Å². The molecule has 26 heavy (non-hydrogen) atoms. The number of methoxy groups -OCH3 is 2. The van der Waals surface area contributed by atoms with E-state index in [2.05, 4.69) is 22.9 Å². The highest BCUT2D eigenvalue weighted by molar-refractivity contribution is 7.09. The molecular formula is C20H26N2O3S. The van der Waals surface area contributed by atoms with Crippen LogP contribution >= 0.6 is 11.3 Å². The zero-order chi connectivity index (χ0) is 18.9. The number of benzene rings is 1. The van der Waals surface area contributed by atoms with Crippen molar-refractivity contribution >= 4 is 17.2 Å². The Labute approximate surface area is 159 Å². The molecule has 1 amide bonds. The Morgan fingerprint density at radius 3 is 2.77 bits per heavy atom. The van der Waals surface area contributed by atoms with Crippen molar-refractivity contribution in [3.05, 3.63) is 58.8 Å². The Balaban J connectivity index is 2.02. The molecule has 0 radical (unpaired) electrons. The highest BCUT2D eigenvalue weighted by atomic mass is 32.1. The van der Waals surface area contributed by atoms with E-state index in [1.807, 2.05) is 42.6 Å². The van der Waals surface area contributed by atoms with Crippen LogP contribution in [0.1, 0.15) is 23.4 Å². The van der Waals surface area contributed by atoms with Crippen LogP contribution in [0.3, 0.4) is 0 Å². The largest absolute Gasteiger partial charge is 0.497 e. The Morgan fingerprint density at radius 1 is 1.35 bits per heavy atom. The quantitative estimate of drug-likeness (QED) is 0.645. The molecule has 0 bridgehead atoms. The molecule has 2 aromatic rings. The lowest BCUT2D eigenvalue weighted by atomic mass is 10.1. The molecule has 1 aromatic heterocycles. The predicted molar refractivity (Wildman–Crippen MR) is 106 cm³/mol. The number of ether oxygens (including phenoxy) is 2. The number of amides is 1. The van der Waals surface area contributed by atoms with Gasteiger partial charge in [0.15, 0.2) is 0 Å². The first kappa shape index (κ1) is 20.0. The summed E-state index contributed by atoms with van der Waals surface area (Å²) in [7, 11) is 3.24. The van der Waals surface area contributed by atoms with E-state index in [4.69, 9.17) is 9.47 Å². The summed E-state index contributed by atoms with van der Waals surface area (Å²) in [4.78, 5) is 15.8. The summed E-state index contributed by atoms with van der Waals surface area (Å²) in [5.74, 6) is 1.41. The fourth-order valence-corrected chi connectivity index (χ4v) is 3.48. The van der Waals surface area contributed by atoms with Crippen LogP contribution in [0, 0.1) is 0 Å². The van der Waals surface area contributed by atoms with Gasteiger partial charge in [0.05, 0.1) is 26.8 Å². The summed E-state index contributed by atoms with van der Waals surface area (Å²) < 4.78 is 10.7. The smallest absolute Gasteiger partial charge is 0.234 e. The van der Waals surface area contributed by atoms with Crippen LogP contribution in [0.2, 0.25) is 0 Å². The van der Waals surface area contributed by atoms with Crippen molar-refractivity contribution < 1.29 is 14.3 Å². The highest BCUT2D eigenvalue weighted by Crippen LogP contribution is 2.29. The number of hydrogen-bond donors (Lipinski definition) is 1. The SMILES string of the molecule is C=CCN(CC(=O)NC(C)c1cc(OC)ccc1OC)Cc1cccs1. The van der Waals surface area contributed by atoms with Crippen LogP contribution in [0.4, 0.5) is 0 Å². The standard InChI is InChI=1S/C20H26N2O3S/c1-5-10-22(13-17-7-6-11-26-17)14-20(23)21-15(2)18-12-16(24-3)8-9-19(18)25-4/h5-9,11-12,15H,1,10,13-14H2,2-4H3,(H,21,23). The number of carbonyl (C=O) groups is 1. The van der Waals surface area contributed by atoms with Gasteiger partial charge in [0.25, 0.3) is 0 Å². The summed E-state index contributed by atoms with van der Waals surface area (Å²) >= 11 is 1.69. The molecule has 1 N–H and O–H groups in total. The van der Waals surface area contributed by atoms with Gasteiger partial charge in [-0.15, -0.1) is 17.9 Å². The van der Waals surface area contributed by atoms with Crippen molar-refractivity contribution in [1.82, 2.24) is 10.2 Å². The first-order valence-corrected chi connectivity index (χ1v) is 9.32. The second kappa shape index (κ2) is 9.99. The van der Waals surface area contributed by atoms with E-state index in [-0.39, 0.29) is 11.9 Å². The minimum atomic E-state index is -0.195. The predicted octanol–water partition coefficient (Wildman–Crippen LogP) is 3.63. The average Bonchev–Trinajstić information content (AvgIpc) is 3.14. The summed E-state index contributed by atoms with van der Waals surface area (Å²) in [5, 5.41) is 5.08.